The van der Waals surface area contributed by atoms with E-state index < -0.39 is 22.7 Å². The number of urea groups is 1. The predicted octanol–water partition coefficient (Wildman–Crippen LogP) is 4.58. The summed E-state index contributed by atoms with van der Waals surface area (Å²) in [4.78, 5) is 26.2. The van der Waals surface area contributed by atoms with Crippen molar-refractivity contribution in [2.75, 3.05) is 30.3 Å². The van der Waals surface area contributed by atoms with Crippen molar-refractivity contribution in [3.05, 3.63) is 59.1 Å². The number of carbonyl (C=O) groups is 2. The van der Waals surface area contributed by atoms with Crippen molar-refractivity contribution >= 4 is 34.9 Å². The highest BCUT2D eigenvalue weighted by molar-refractivity contribution is 6.31. The molecule has 3 N–H and O–H groups in total. The van der Waals surface area contributed by atoms with Crippen molar-refractivity contribution in [1.29, 1.82) is 0 Å². The van der Waals surface area contributed by atoms with E-state index >= 15 is 0 Å². The molecule has 31 heavy (non-hydrogen) atoms. The minimum Gasteiger partial charge on any atom is -0.335 e. The average molecular weight is 455 g/mol. The van der Waals surface area contributed by atoms with Gasteiger partial charge in [-0.15, -0.1) is 0 Å². The summed E-state index contributed by atoms with van der Waals surface area (Å²) >= 11 is 5.59. The number of alkyl halides is 3. The summed E-state index contributed by atoms with van der Waals surface area (Å²) in [5, 5.41) is 7.73. The van der Waals surface area contributed by atoms with E-state index in [1.54, 1.807) is 12.1 Å². The van der Waals surface area contributed by atoms with Crippen LogP contribution in [0, 0.1) is 0 Å². The zero-order valence-electron chi connectivity index (χ0n) is 16.5. The fourth-order valence-electron chi connectivity index (χ4n) is 3.33. The van der Waals surface area contributed by atoms with Gasteiger partial charge in [0.25, 0.3) is 0 Å². The minimum atomic E-state index is -4.60. The Hall–Kier alpha value is -2.78. The zero-order chi connectivity index (χ0) is 22.4. The third-order valence-electron chi connectivity index (χ3n) is 4.88. The van der Waals surface area contributed by atoms with Crippen LogP contribution in [0.1, 0.15) is 18.4 Å². The number of likely N-dealkylation sites (tertiary alicyclic amines) is 1. The Balaban J connectivity index is 1.43. The van der Waals surface area contributed by atoms with Crippen molar-refractivity contribution in [2.24, 2.45) is 0 Å². The van der Waals surface area contributed by atoms with E-state index in [1.807, 2.05) is 23.1 Å². The molecular weight excluding hydrogens is 433 g/mol. The highest BCUT2D eigenvalue weighted by Crippen LogP contribution is 2.36. The van der Waals surface area contributed by atoms with E-state index in [0.29, 0.717) is 31.6 Å². The molecule has 2 aromatic carbocycles. The van der Waals surface area contributed by atoms with Crippen molar-refractivity contribution in [3.63, 3.8) is 0 Å². The molecule has 1 saturated heterocycles. The van der Waals surface area contributed by atoms with E-state index in [-0.39, 0.29) is 24.3 Å². The van der Waals surface area contributed by atoms with Gasteiger partial charge in [0.15, 0.2) is 0 Å². The van der Waals surface area contributed by atoms with Crippen LogP contribution in [0.3, 0.4) is 0 Å². The maximum absolute atomic E-state index is 12.9. The molecule has 10 heteroatoms. The van der Waals surface area contributed by atoms with Crippen LogP contribution in [0.2, 0.25) is 5.02 Å². The fraction of sp³-hybridized carbons (Fsp3) is 0.333. The summed E-state index contributed by atoms with van der Waals surface area (Å²) < 4.78 is 38.8. The van der Waals surface area contributed by atoms with Crippen LogP contribution >= 0.6 is 11.6 Å². The van der Waals surface area contributed by atoms with Crippen LogP contribution in [0.15, 0.2) is 48.5 Å². The predicted molar refractivity (Wildman–Crippen MR) is 113 cm³/mol. The summed E-state index contributed by atoms with van der Waals surface area (Å²) in [6.45, 7) is 1.21. The molecule has 0 spiro atoms. The number of anilines is 2. The molecule has 6 nitrogen and oxygen atoms in total. The van der Waals surface area contributed by atoms with Crippen LogP contribution in [0.25, 0.3) is 0 Å². The molecule has 0 saturated carbocycles. The van der Waals surface area contributed by atoms with Crippen molar-refractivity contribution in [3.8, 4) is 0 Å². The number of piperidine rings is 1. The minimum absolute atomic E-state index is 0.0198. The molecule has 166 valence electrons. The van der Waals surface area contributed by atoms with Crippen LogP contribution in [-0.2, 0) is 11.0 Å². The topological polar surface area (TPSA) is 73.5 Å². The molecule has 0 aromatic heterocycles. The average Bonchev–Trinajstić information content (AvgIpc) is 2.71. The molecule has 2 aromatic rings. The molecule has 3 rings (SSSR count). The van der Waals surface area contributed by atoms with Crippen LogP contribution < -0.4 is 16.0 Å². The lowest BCUT2D eigenvalue weighted by Gasteiger charge is -2.31. The first kappa shape index (κ1) is 22.9. The summed E-state index contributed by atoms with van der Waals surface area (Å²) in [6, 6.07) is 12.0. The van der Waals surface area contributed by atoms with Gasteiger partial charge in [0.05, 0.1) is 17.1 Å². The second-order valence-corrected chi connectivity index (χ2v) is 7.66. The highest BCUT2D eigenvalue weighted by Gasteiger charge is 2.33. The number of amides is 3. The number of benzene rings is 2. The SMILES string of the molecule is O=C(CN1CCC(NC(=O)Nc2ccccc2)CC1)Nc1ccc(Cl)c(C(F)(F)F)c1. The van der Waals surface area contributed by atoms with E-state index in [1.165, 1.54) is 6.07 Å². The first-order valence-corrected chi connectivity index (χ1v) is 10.1. The molecular formula is C21H22ClF3N4O2. The fourth-order valence-corrected chi connectivity index (χ4v) is 3.56. The van der Waals surface area contributed by atoms with Gasteiger partial charge in [-0.2, -0.15) is 13.2 Å². The number of rotatable bonds is 5. The summed E-state index contributed by atoms with van der Waals surface area (Å²) in [7, 11) is 0. The number of halogens is 4. The molecule has 3 amide bonds. The zero-order valence-corrected chi connectivity index (χ0v) is 17.3. The Morgan fingerprint density at radius 3 is 2.32 bits per heavy atom. The second-order valence-electron chi connectivity index (χ2n) is 7.26. The number of carbonyl (C=O) groups excluding carboxylic acids is 2. The van der Waals surface area contributed by atoms with Crippen molar-refractivity contribution < 1.29 is 22.8 Å². The lowest BCUT2D eigenvalue weighted by Crippen LogP contribution is -2.47. The lowest BCUT2D eigenvalue weighted by atomic mass is 10.1. The molecule has 1 heterocycles. The Bertz CT molecular complexity index is 917. The van der Waals surface area contributed by atoms with Gasteiger partial charge in [-0.1, -0.05) is 29.8 Å². The largest absolute Gasteiger partial charge is 0.417 e. The highest BCUT2D eigenvalue weighted by atomic mass is 35.5. The van der Waals surface area contributed by atoms with Gasteiger partial charge in [0.1, 0.15) is 0 Å². The molecule has 1 aliphatic heterocycles. The Morgan fingerprint density at radius 1 is 1.00 bits per heavy atom. The van der Waals surface area contributed by atoms with Gasteiger partial charge in [0, 0.05) is 30.5 Å². The maximum Gasteiger partial charge on any atom is 0.417 e. The Morgan fingerprint density at radius 2 is 1.68 bits per heavy atom. The standard InChI is InChI=1S/C21H22ClF3N4O2/c22-18-7-6-16(12-17(18)21(23,24)25)26-19(30)13-29-10-8-15(9-11-29)28-20(31)27-14-4-2-1-3-5-14/h1-7,12,15H,8-11,13H2,(H,26,30)(H2,27,28,31). The van der Waals surface area contributed by atoms with Gasteiger partial charge in [0.2, 0.25) is 5.91 Å². The molecule has 0 atom stereocenters. The number of nitrogens with one attached hydrogen (secondary N) is 3. The van der Waals surface area contributed by atoms with Gasteiger partial charge in [-0.3, -0.25) is 9.69 Å². The normalized spacial score (nSPS) is 15.4. The van der Waals surface area contributed by atoms with Crippen LogP contribution in [0.5, 0.6) is 0 Å². The van der Waals surface area contributed by atoms with Crippen molar-refractivity contribution in [1.82, 2.24) is 10.2 Å². The Labute approximate surface area is 182 Å². The summed E-state index contributed by atoms with van der Waals surface area (Å²) in [5.74, 6) is -0.413. The van der Waals surface area contributed by atoms with Crippen molar-refractivity contribution in [2.45, 2.75) is 25.1 Å². The smallest absolute Gasteiger partial charge is 0.335 e. The third-order valence-corrected chi connectivity index (χ3v) is 5.21. The Kier molecular flexibility index (Phi) is 7.40. The first-order chi connectivity index (χ1) is 14.7. The lowest BCUT2D eigenvalue weighted by molar-refractivity contribution is -0.137. The van der Waals surface area contributed by atoms with Crippen LogP contribution in [-0.4, -0.2) is 42.5 Å². The molecule has 0 bridgehead atoms. The number of hydrogen-bond donors (Lipinski definition) is 3. The van der Waals surface area contributed by atoms with Gasteiger partial charge in [-0.25, -0.2) is 4.79 Å². The molecule has 1 aliphatic rings. The molecule has 0 unspecified atom stereocenters. The van der Waals surface area contributed by atoms with E-state index in [4.69, 9.17) is 11.6 Å². The van der Waals surface area contributed by atoms with Gasteiger partial charge >= 0.3 is 12.2 Å². The number of nitrogens with zero attached hydrogens (tertiary/aromatic N) is 1. The van der Waals surface area contributed by atoms with Crippen LogP contribution in [0.4, 0.5) is 29.3 Å². The van der Waals surface area contributed by atoms with E-state index in [2.05, 4.69) is 16.0 Å². The molecule has 0 aliphatic carbocycles. The quantitative estimate of drug-likeness (QED) is 0.619. The number of para-hydroxylation sites is 1. The number of hydrogen-bond acceptors (Lipinski definition) is 3. The third kappa shape index (κ3) is 6.86. The van der Waals surface area contributed by atoms with E-state index in [0.717, 1.165) is 12.1 Å². The molecule has 0 radical (unpaired) electrons. The van der Waals surface area contributed by atoms with E-state index in [9.17, 15) is 22.8 Å². The molecule has 1 fully saturated rings. The summed E-state index contributed by atoms with van der Waals surface area (Å²) in [5.41, 5.74) is -0.256. The summed E-state index contributed by atoms with van der Waals surface area (Å²) in [6.07, 6.45) is -3.27. The maximum atomic E-state index is 12.9. The van der Waals surface area contributed by atoms with Gasteiger partial charge in [-0.05, 0) is 43.2 Å². The first-order valence-electron chi connectivity index (χ1n) is 9.72. The second kappa shape index (κ2) is 10.0. The van der Waals surface area contributed by atoms with Gasteiger partial charge < -0.3 is 16.0 Å². The monoisotopic (exact) mass is 454 g/mol.